The Morgan fingerprint density at radius 1 is 1.06 bits per heavy atom. The topological polar surface area (TPSA) is 115 Å². The zero-order chi connectivity index (χ0) is 24.6. The van der Waals surface area contributed by atoms with Gasteiger partial charge < -0.3 is 15.4 Å². The molecule has 4 aromatic rings. The van der Waals surface area contributed by atoms with Gasteiger partial charge >= 0.3 is 0 Å². The molecule has 176 valence electrons. The quantitative estimate of drug-likeness (QED) is 0.426. The molecule has 0 bridgehead atoms. The predicted molar refractivity (Wildman–Crippen MR) is 128 cm³/mol. The van der Waals surface area contributed by atoms with Crippen LogP contribution in [0.3, 0.4) is 0 Å². The highest BCUT2D eigenvalue weighted by atomic mass is 35.5. The van der Waals surface area contributed by atoms with Crippen LogP contribution in [0.25, 0.3) is 11.3 Å². The Labute approximate surface area is 204 Å². The molecule has 0 fully saturated rings. The van der Waals surface area contributed by atoms with Crippen molar-refractivity contribution in [2.24, 2.45) is 0 Å². The van der Waals surface area contributed by atoms with Crippen LogP contribution in [0.2, 0.25) is 10.0 Å². The summed E-state index contributed by atoms with van der Waals surface area (Å²) in [6.07, 6.45) is 3.06. The lowest BCUT2D eigenvalue weighted by atomic mass is 10.1. The van der Waals surface area contributed by atoms with Crippen LogP contribution in [0.5, 0.6) is 5.88 Å². The van der Waals surface area contributed by atoms with Crippen molar-refractivity contribution in [2.75, 3.05) is 12.4 Å². The smallest absolute Gasteiger partial charge is 0.274 e. The number of ether oxygens (including phenoxy) is 1. The number of carbonyl (C=O) groups excluding carboxylic acids is 2. The van der Waals surface area contributed by atoms with Gasteiger partial charge in [0.1, 0.15) is 5.69 Å². The molecule has 0 spiro atoms. The molecule has 0 atom stereocenters. The van der Waals surface area contributed by atoms with Crippen molar-refractivity contribution in [2.45, 2.75) is 26.3 Å². The Hall–Kier alpha value is -3.63. The fraction of sp³-hybridized carbons (Fsp3) is 0.227. The van der Waals surface area contributed by atoms with Crippen molar-refractivity contribution in [3.63, 3.8) is 0 Å². The summed E-state index contributed by atoms with van der Waals surface area (Å²) in [7, 11) is 1.42. The second kappa shape index (κ2) is 8.96. The van der Waals surface area contributed by atoms with Gasteiger partial charge in [0.25, 0.3) is 11.8 Å². The number of rotatable bonds is 5. The molecule has 4 aromatic heterocycles. The third kappa shape index (κ3) is 4.55. The Kier molecular flexibility index (Phi) is 6.20. The van der Waals surface area contributed by atoms with Crippen molar-refractivity contribution >= 4 is 46.2 Å². The third-order valence-electron chi connectivity index (χ3n) is 4.64. The van der Waals surface area contributed by atoms with E-state index >= 15 is 0 Å². The van der Waals surface area contributed by atoms with Crippen molar-refractivity contribution in [1.82, 2.24) is 29.7 Å². The highest BCUT2D eigenvalue weighted by molar-refractivity contribution is 6.35. The molecular formula is C22H21Cl2N7O3. The van der Waals surface area contributed by atoms with E-state index in [-0.39, 0.29) is 38.8 Å². The largest absolute Gasteiger partial charge is 0.480 e. The molecule has 4 heterocycles. The summed E-state index contributed by atoms with van der Waals surface area (Å²) in [5.41, 5.74) is 0.278. The number of fused-ring (bicyclic) bond motifs is 1. The summed E-state index contributed by atoms with van der Waals surface area (Å²) in [5, 5.41) is 14.5. The van der Waals surface area contributed by atoms with E-state index in [2.05, 4.69) is 25.8 Å². The summed E-state index contributed by atoms with van der Waals surface area (Å²) in [6, 6.07) is 8.01. The lowest BCUT2D eigenvalue weighted by Crippen LogP contribution is -2.41. The van der Waals surface area contributed by atoms with Gasteiger partial charge in [-0.15, -0.1) is 5.10 Å². The number of carbonyl (C=O) groups is 2. The third-order valence-corrected chi connectivity index (χ3v) is 5.24. The normalized spacial score (nSPS) is 11.5. The number of anilines is 1. The maximum Gasteiger partial charge on any atom is 0.274 e. The molecule has 0 aliphatic rings. The first-order chi connectivity index (χ1) is 16.1. The van der Waals surface area contributed by atoms with Crippen LogP contribution in [0.15, 0.2) is 42.7 Å². The number of aromatic nitrogens is 5. The Morgan fingerprint density at radius 3 is 2.50 bits per heavy atom. The molecular weight excluding hydrogens is 481 g/mol. The number of hydrogen-bond donors (Lipinski definition) is 2. The molecule has 2 N–H and O–H groups in total. The van der Waals surface area contributed by atoms with Crippen LogP contribution in [0.1, 0.15) is 41.7 Å². The van der Waals surface area contributed by atoms with Gasteiger partial charge in [0.2, 0.25) is 5.88 Å². The van der Waals surface area contributed by atoms with Crippen molar-refractivity contribution in [1.29, 1.82) is 0 Å². The minimum Gasteiger partial charge on any atom is -0.480 e. The van der Waals surface area contributed by atoms with Gasteiger partial charge in [0.15, 0.2) is 11.5 Å². The first-order valence-corrected chi connectivity index (χ1v) is 10.9. The van der Waals surface area contributed by atoms with E-state index in [1.807, 2.05) is 20.8 Å². The molecule has 2 amide bonds. The summed E-state index contributed by atoms with van der Waals surface area (Å²) in [4.78, 5) is 30.8. The highest BCUT2D eigenvalue weighted by Gasteiger charge is 2.27. The molecule has 0 aromatic carbocycles. The number of nitrogens with zero attached hydrogens (tertiary/aromatic N) is 5. The molecule has 12 heteroatoms. The van der Waals surface area contributed by atoms with Gasteiger partial charge in [-0.2, -0.15) is 5.10 Å². The first-order valence-electron chi connectivity index (χ1n) is 10.1. The number of amides is 2. The highest BCUT2D eigenvalue weighted by Crippen LogP contribution is 2.30. The summed E-state index contributed by atoms with van der Waals surface area (Å²) in [6.45, 7) is 5.53. The minimum atomic E-state index is -0.615. The van der Waals surface area contributed by atoms with Gasteiger partial charge in [-0.25, -0.2) is 14.2 Å². The van der Waals surface area contributed by atoms with E-state index in [1.54, 1.807) is 24.3 Å². The standard InChI is InChI=1S/C22H21Cl2N7O3/c1-22(2,3)28-21(33)18-17(14(24)10-12-7-9-26-30(12)18)27-20(32)15-11-16(34-4)29-31(15)19-13(23)6-5-8-25-19/h5-11H,1-4H3,(H,27,32)(H,28,33). The minimum absolute atomic E-state index is 0.0660. The molecule has 0 saturated carbocycles. The molecule has 0 unspecified atom stereocenters. The summed E-state index contributed by atoms with van der Waals surface area (Å²) >= 11 is 12.8. The van der Waals surface area contributed by atoms with Gasteiger partial charge in [0, 0.05) is 17.8 Å². The van der Waals surface area contributed by atoms with E-state index in [1.165, 1.54) is 34.8 Å². The van der Waals surface area contributed by atoms with Gasteiger partial charge in [-0.3, -0.25) is 9.59 Å². The number of methoxy groups -OCH3 is 1. The van der Waals surface area contributed by atoms with Gasteiger partial charge in [-0.05, 0) is 45.0 Å². The summed E-state index contributed by atoms with van der Waals surface area (Å²) < 4.78 is 7.87. The fourth-order valence-electron chi connectivity index (χ4n) is 3.25. The van der Waals surface area contributed by atoms with E-state index in [9.17, 15) is 9.59 Å². The molecule has 0 aliphatic heterocycles. The van der Waals surface area contributed by atoms with Crippen LogP contribution in [0.4, 0.5) is 5.69 Å². The SMILES string of the molecule is COc1cc(C(=O)Nc2c(Cl)cc3ccnn3c2C(=O)NC(C)(C)C)n(-c2ncccc2Cl)n1. The monoisotopic (exact) mass is 501 g/mol. The fourth-order valence-corrected chi connectivity index (χ4v) is 3.70. The lowest BCUT2D eigenvalue weighted by molar-refractivity contribution is 0.0913. The van der Waals surface area contributed by atoms with Crippen molar-refractivity contribution in [3.8, 4) is 11.7 Å². The zero-order valence-corrected chi connectivity index (χ0v) is 20.3. The van der Waals surface area contributed by atoms with Crippen LogP contribution >= 0.6 is 23.2 Å². The molecule has 0 saturated heterocycles. The first kappa shape index (κ1) is 23.5. The Balaban J connectivity index is 1.81. The molecule has 0 radical (unpaired) electrons. The molecule has 0 aliphatic carbocycles. The zero-order valence-electron chi connectivity index (χ0n) is 18.8. The maximum atomic E-state index is 13.4. The second-order valence-corrected chi connectivity index (χ2v) is 9.15. The summed E-state index contributed by atoms with van der Waals surface area (Å²) in [5.74, 6) is -0.670. The van der Waals surface area contributed by atoms with Gasteiger partial charge in [0.05, 0.1) is 34.6 Å². The Bertz CT molecular complexity index is 1410. The molecule has 4 rings (SSSR count). The van der Waals surface area contributed by atoms with E-state index in [0.29, 0.717) is 5.52 Å². The molecule has 10 nitrogen and oxygen atoms in total. The van der Waals surface area contributed by atoms with E-state index < -0.39 is 17.4 Å². The predicted octanol–water partition coefficient (Wildman–Crippen LogP) is 4.01. The van der Waals surface area contributed by atoms with E-state index in [4.69, 9.17) is 27.9 Å². The van der Waals surface area contributed by atoms with Crippen molar-refractivity contribution in [3.05, 3.63) is 64.2 Å². The average molecular weight is 502 g/mol. The van der Waals surface area contributed by atoms with E-state index in [0.717, 1.165) is 0 Å². The lowest BCUT2D eigenvalue weighted by Gasteiger charge is -2.22. The van der Waals surface area contributed by atoms with Crippen LogP contribution in [-0.4, -0.2) is 48.8 Å². The van der Waals surface area contributed by atoms with Crippen LogP contribution in [-0.2, 0) is 0 Å². The Morgan fingerprint density at radius 2 is 1.82 bits per heavy atom. The van der Waals surface area contributed by atoms with Gasteiger partial charge in [-0.1, -0.05) is 23.2 Å². The van der Waals surface area contributed by atoms with Crippen LogP contribution < -0.4 is 15.4 Å². The number of hydrogen-bond acceptors (Lipinski definition) is 6. The average Bonchev–Trinajstić information content (AvgIpc) is 3.40. The van der Waals surface area contributed by atoms with Crippen molar-refractivity contribution < 1.29 is 14.3 Å². The molecule has 34 heavy (non-hydrogen) atoms. The maximum absolute atomic E-state index is 13.4. The second-order valence-electron chi connectivity index (χ2n) is 8.33. The number of pyridine rings is 2. The number of halogens is 2. The number of nitrogens with one attached hydrogen (secondary N) is 2. The van der Waals surface area contributed by atoms with Crippen LogP contribution in [0, 0.1) is 0 Å².